The van der Waals surface area contributed by atoms with E-state index < -0.39 is 11.4 Å². The summed E-state index contributed by atoms with van der Waals surface area (Å²) in [5.74, 6) is -0.540. The Balaban J connectivity index is 1.92. The van der Waals surface area contributed by atoms with E-state index in [1.165, 1.54) is 6.42 Å². The normalized spacial score (nSPS) is 26.9. The molecule has 0 saturated carbocycles. The number of nitrogens with one attached hydrogen (secondary N) is 1. The van der Waals surface area contributed by atoms with Crippen molar-refractivity contribution in [3.8, 4) is 0 Å². The summed E-state index contributed by atoms with van der Waals surface area (Å²) in [5.41, 5.74) is -0.617. The molecule has 0 bridgehead atoms. The molecule has 20 heavy (non-hydrogen) atoms. The maximum Gasteiger partial charge on any atom is 0.309 e. The zero-order valence-electron chi connectivity index (χ0n) is 12.4. The third-order valence-corrected chi connectivity index (χ3v) is 5.02. The SMILES string of the molecule is CCC1(C(=O)O)CCN(C(=O)C2CCCCCN2)CC1. The van der Waals surface area contributed by atoms with Crippen LogP contribution in [-0.4, -0.2) is 47.6 Å². The minimum Gasteiger partial charge on any atom is -0.481 e. The highest BCUT2D eigenvalue weighted by Gasteiger charge is 2.41. The summed E-state index contributed by atoms with van der Waals surface area (Å²) < 4.78 is 0. The maximum absolute atomic E-state index is 12.5. The van der Waals surface area contributed by atoms with Crippen LogP contribution in [0.4, 0.5) is 0 Å². The standard InChI is InChI=1S/C15H26N2O3/c1-2-15(14(19)20)7-10-17(11-8-15)13(18)12-6-4-3-5-9-16-12/h12,16H,2-11H2,1H3,(H,19,20). The number of carboxylic acids is 1. The van der Waals surface area contributed by atoms with Crippen molar-refractivity contribution in [3.63, 3.8) is 0 Å². The van der Waals surface area contributed by atoms with Gasteiger partial charge in [-0.15, -0.1) is 0 Å². The van der Waals surface area contributed by atoms with Gasteiger partial charge in [-0.3, -0.25) is 9.59 Å². The average Bonchev–Trinajstić information content (AvgIpc) is 2.75. The van der Waals surface area contributed by atoms with Gasteiger partial charge < -0.3 is 15.3 Å². The van der Waals surface area contributed by atoms with E-state index >= 15 is 0 Å². The number of carbonyl (C=O) groups excluding carboxylic acids is 1. The third-order valence-electron chi connectivity index (χ3n) is 5.02. The molecule has 2 heterocycles. The summed E-state index contributed by atoms with van der Waals surface area (Å²) in [7, 11) is 0. The van der Waals surface area contributed by atoms with Crippen LogP contribution < -0.4 is 5.32 Å². The number of carboxylic acid groups (broad SMARTS) is 1. The van der Waals surface area contributed by atoms with E-state index in [0.717, 1.165) is 25.8 Å². The number of likely N-dealkylation sites (tertiary alicyclic amines) is 1. The topological polar surface area (TPSA) is 69.6 Å². The highest BCUT2D eigenvalue weighted by molar-refractivity contribution is 5.82. The van der Waals surface area contributed by atoms with Gasteiger partial charge in [0.15, 0.2) is 0 Å². The fraction of sp³-hybridized carbons (Fsp3) is 0.867. The molecule has 5 nitrogen and oxygen atoms in total. The smallest absolute Gasteiger partial charge is 0.309 e. The molecule has 0 aliphatic carbocycles. The second-order valence-corrected chi connectivity index (χ2v) is 6.12. The van der Waals surface area contributed by atoms with Crippen LogP contribution in [0.15, 0.2) is 0 Å². The summed E-state index contributed by atoms with van der Waals surface area (Å²) in [4.78, 5) is 25.8. The first-order valence-corrected chi connectivity index (χ1v) is 7.84. The minimum atomic E-state index is -0.709. The van der Waals surface area contributed by atoms with Crippen molar-refractivity contribution in [3.05, 3.63) is 0 Å². The van der Waals surface area contributed by atoms with Gasteiger partial charge in [-0.1, -0.05) is 19.8 Å². The van der Waals surface area contributed by atoms with Crippen LogP contribution in [0.25, 0.3) is 0 Å². The summed E-state index contributed by atoms with van der Waals surface area (Å²) in [6.07, 6.45) is 6.15. The molecule has 2 aliphatic rings. The molecule has 0 radical (unpaired) electrons. The molecule has 0 spiro atoms. The van der Waals surface area contributed by atoms with Gasteiger partial charge in [0.05, 0.1) is 11.5 Å². The molecule has 2 aliphatic heterocycles. The van der Waals surface area contributed by atoms with Crippen LogP contribution in [0, 0.1) is 5.41 Å². The van der Waals surface area contributed by atoms with Crippen LogP contribution in [-0.2, 0) is 9.59 Å². The molecular weight excluding hydrogens is 256 g/mol. The van der Waals surface area contributed by atoms with Gasteiger partial charge in [-0.25, -0.2) is 0 Å². The van der Waals surface area contributed by atoms with Crippen LogP contribution in [0.2, 0.25) is 0 Å². The quantitative estimate of drug-likeness (QED) is 0.825. The highest BCUT2D eigenvalue weighted by Crippen LogP contribution is 2.35. The lowest BCUT2D eigenvalue weighted by Gasteiger charge is -2.39. The van der Waals surface area contributed by atoms with E-state index in [0.29, 0.717) is 32.4 Å². The Morgan fingerprint density at radius 1 is 1.25 bits per heavy atom. The molecule has 2 saturated heterocycles. The molecule has 2 fully saturated rings. The molecule has 5 heteroatoms. The van der Waals surface area contributed by atoms with E-state index in [2.05, 4.69) is 5.32 Å². The van der Waals surface area contributed by atoms with E-state index in [1.54, 1.807) is 0 Å². The average molecular weight is 282 g/mol. The molecule has 2 N–H and O–H groups in total. The van der Waals surface area contributed by atoms with Gasteiger partial charge >= 0.3 is 5.97 Å². The lowest BCUT2D eigenvalue weighted by molar-refractivity contribution is -0.155. The van der Waals surface area contributed by atoms with Gasteiger partial charge in [0.1, 0.15) is 0 Å². The van der Waals surface area contributed by atoms with Gasteiger partial charge in [0.2, 0.25) is 5.91 Å². The Morgan fingerprint density at radius 3 is 2.55 bits per heavy atom. The van der Waals surface area contributed by atoms with Crippen molar-refractivity contribution in [2.45, 2.75) is 57.9 Å². The molecule has 0 aromatic rings. The monoisotopic (exact) mass is 282 g/mol. The first kappa shape index (κ1) is 15.3. The number of hydrogen-bond donors (Lipinski definition) is 2. The van der Waals surface area contributed by atoms with Crippen molar-refractivity contribution < 1.29 is 14.7 Å². The number of hydrogen-bond acceptors (Lipinski definition) is 3. The predicted octanol–water partition coefficient (Wildman–Crippen LogP) is 1.62. The molecular formula is C15H26N2O3. The zero-order chi connectivity index (χ0) is 14.6. The predicted molar refractivity (Wildman–Crippen MR) is 76.4 cm³/mol. The number of piperidine rings is 1. The number of aliphatic carboxylic acids is 1. The van der Waals surface area contributed by atoms with E-state index in [9.17, 15) is 14.7 Å². The fourth-order valence-corrected chi connectivity index (χ4v) is 3.33. The molecule has 0 aromatic heterocycles. The van der Waals surface area contributed by atoms with Gasteiger partial charge in [-0.2, -0.15) is 0 Å². The lowest BCUT2D eigenvalue weighted by Crippen LogP contribution is -2.52. The fourth-order valence-electron chi connectivity index (χ4n) is 3.33. The van der Waals surface area contributed by atoms with Crippen molar-refractivity contribution in [2.24, 2.45) is 5.41 Å². The van der Waals surface area contributed by atoms with Gasteiger partial charge in [0, 0.05) is 13.1 Å². The largest absolute Gasteiger partial charge is 0.481 e. The Hall–Kier alpha value is -1.10. The van der Waals surface area contributed by atoms with Crippen molar-refractivity contribution in [1.29, 1.82) is 0 Å². The molecule has 0 aromatic carbocycles. The van der Waals surface area contributed by atoms with Gasteiger partial charge in [-0.05, 0) is 38.6 Å². The molecule has 1 unspecified atom stereocenters. The molecule has 1 atom stereocenters. The Kier molecular flexibility index (Phi) is 5.02. The second-order valence-electron chi connectivity index (χ2n) is 6.12. The Labute approximate surface area is 120 Å². The first-order chi connectivity index (χ1) is 9.59. The van der Waals surface area contributed by atoms with Crippen LogP contribution >= 0.6 is 0 Å². The van der Waals surface area contributed by atoms with Crippen molar-refractivity contribution in [1.82, 2.24) is 10.2 Å². The Bertz CT molecular complexity index is 354. The number of nitrogens with zero attached hydrogens (tertiary/aromatic N) is 1. The van der Waals surface area contributed by atoms with E-state index in [-0.39, 0.29) is 11.9 Å². The third kappa shape index (κ3) is 3.14. The van der Waals surface area contributed by atoms with Crippen LogP contribution in [0.3, 0.4) is 0 Å². The van der Waals surface area contributed by atoms with Crippen molar-refractivity contribution >= 4 is 11.9 Å². The number of amides is 1. The van der Waals surface area contributed by atoms with Crippen LogP contribution in [0.1, 0.15) is 51.9 Å². The van der Waals surface area contributed by atoms with E-state index in [1.807, 2.05) is 11.8 Å². The summed E-state index contributed by atoms with van der Waals surface area (Å²) in [5, 5.41) is 12.7. The van der Waals surface area contributed by atoms with E-state index in [4.69, 9.17) is 0 Å². The molecule has 1 amide bonds. The Morgan fingerprint density at radius 2 is 1.95 bits per heavy atom. The number of carbonyl (C=O) groups is 2. The molecule has 2 rings (SSSR count). The lowest BCUT2D eigenvalue weighted by atomic mass is 9.76. The van der Waals surface area contributed by atoms with Gasteiger partial charge in [0.25, 0.3) is 0 Å². The molecule has 114 valence electrons. The summed E-state index contributed by atoms with van der Waals surface area (Å²) >= 11 is 0. The zero-order valence-corrected chi connectivity index (χ0v) is 12.4. The maximum atomic E-state index is 12.5. The number of rotatable bonds is 3. The van der Waals surface area contributed by atoms with Crippen molar-refractivity contribution in [2.75, 3.05) is 19.6 Å². The second kappa shape index (κ2) is 6.57. The first-order valence-electron chi connectivity index (χ1n) is 7.84. The highest BCUT2D eigenvalue weighted by atomic mass is 16.4. The summed E-state index contributed by atoms with van der Waals surface area (Å²) in [6.45, 7) is 4.00. The minimum absolute atomic E-state index is 0.0588. The summed E-state index contributed by atoms with van der Waals surface area (Å²) in [6, 6.07) is -0.0588. The van der Waals surface area contributed by atoms with Crippen LogP contribution in [0.5, 0.6) is 0 Å².